The van der Waals surface area contributed by atoms with E-state index in [1.54, 1.807) is 0 Å². The van der Waals surface area contributed by atoms with Crippen molar-refractivity contribution in [1.82, 2.24) is 0 Å². The molecule has 0 aromatic heterocycles. The number of benzene rings is 2. The summed E-state index contributed by atoms with van der Waals surface area (Å²) in [5, 5.41) is 0. The van der Waals surface area contributed by atoms with Gasteiger partial charge in [-0.15, -0.1) is 0 Å². The predicted molar refractivity (Wildman–Crippen MR) is 104 cm³/mol. The fourth-order valence-electron chi connectivity index (χ4n) is 3.43. The molecule has 25 heavy (non-hydrogen) atoms. The van der Waals surface area contributed by atoms with Crippen molar-refractivity contribution in [3.8, 4) is 5.75 Å². The second-order valence-electron chi connectivity index (χ2n) is 6.76. The molecule has 2 aromatic carbocycles. The molecule has 1 aliphatic carbocycles. The molecule has 0 saturated heterocycles. The molecular formula is C23H28O2. The van der Waals surface area contributed by atoms with E-state index in [1.807, 2.05) is 36.4 Å². The molecular weight excluding hydrogens is 308 g/mol. The van der Waals surface area contributed by atoms with E-state index in [2.05, 4.69) is 30.8 Å². The Morgan fingerprint density at radius 1 is 0.960 bits per heavy atom. The second-order valence-corrected chi connectivity index (χ2v) is 6.76. The molecule has 2 heteroatoms. The maximum Gasteiger partial charge on any atom is 0.202 e. The van der Waals surface area contributed by atoms with Crippen LogP contribution in [0.1, 0.15) is 43.2 Å². The minimum absolute atomic E-state index is 0.154. The minimum Gasteiger partial charge on any atom is -0.465 e. The molecule has 0 spiro atoms. The van der Waals surface area contributed by atoms with Gasteiger partial charge < -0.3 is 9.47 Å². The number of hydrogen-bond donors (Lipinski definition) is 0. The third-order valence-corrected chi connectivity index (χ3v) is 4.92. The van der Waals surface area contributed by atoms with Crippen LogP contribution in [0.3, 0.4) is 0 Å². The molecule has 1 atom stereocenters. The van der Waals surface area contributed by atoms with Gasteiger partial charge in [-0.05, 0) is 42.5 Å². The lowest BCUT2D eigenvalue weighted by Gasteiger charge is -2.30. The summed E-state index contributed by atoms with van der Waals surface area (Å²) >= 11 is 0. The van der Waals surface area contributed by atoms with Crippen molar-refractivity contribution in [3.05, 3.63) is 72.3 Å². The fraction of sp³-hybridized carbons (Fsp3) is 0.391. The van der Waals surface area contributed by atoms with Gasteiger partial charge >= 0.3 is 0 Å². The summed E-state index contributed by atoms with van der Waals surface area (Å²) in [5.74, 6) is 1.37. The van der Waals surface area contributed by atoms with Crippen LogP contribution in [0.15, 0.2) is 61.2 Å². The summed E-state index contributed by atoms with van der Waals surface area (Å²) in [5.41, 5.74) is 2.41. The van der Waals surface area contributed by atoms with Gasteiger partial charge in [0.1, 0.15) is 5.75 Å². The van der Waals surface area contributed by atoms with Crippen LogP contribution < -0.4 is 4.74 Å². The Hall–Kier alpha value is -2.06. The summed E-state index contributed by atoms with van der Waals surface area (Å²) in [6, 6.07) is 18.6. The SMILES string of the molecule is C=Cc1ccc(OC(OCCc2ccccc2)C2CCCCC2)cc1. The van der Waals surface area contributed by atoms with Crippen LogP contribution >= 0.6 is 0 Å². The van der Waals surface area contributed by atoms with E-state index in [4.69, 9.17) is 9.47 Å². The maximum absolute atomic E-state index is 6.23. The monoisotopic (exact) mass is 336 g/mol. The average Bonchev–Trinajstić information content (AvgIpc) is 2.69. The van der Waals surface area contributed by atoms with E-state index in [1.165, 1.54) is 37.7 Å². The van der Waals surface area contributed by atoms with Crippen molar-refractivity contribution in [2.75, 3.05) is 6.61 Å². The van der Waals surface area contributed by atoms with Crippen LogP contribution in [-0.4, -0.2) is 12.9 Å². The van der Waals surface area contributed by atoms with Gasteiger partial charge in [0.2, 0.25) is 6.29 Å². The minimum atomic E-state index is -0.154. The van der Waals surface area contributed by atoms with Gasteiger partial charge in [0.15, 0.2) is 0 Å². The first-order valence-electron chi connectivity index (χ1n) is 9.40. The van der Waals surface area contributed by atoms with E-state index in [-0.39, 0.29) is 6.29 Å². The lowest BCUT2D eigenvalue weighted by molar-refractivity contribution is -0.122. The molecule has 0 amide bonds. The first-order chi connectivity index (χ1) is 12.3. The quantitative estimate of drug-likeness (QED) is 0.561. The summed E-state index contributed by atoms with van der Waals surface area (Å²) in [7, 11) is 0. The van der Waals surface area contributed by atoms with Gasteiger partial charge in [-0.1, -0.05) is 74.4 Å². The van der Waals surface area contributed by atoms with Crippen LogP contribution in [0.2, 0.25) is 0 Å². The molecule has 2 aromatic rings. The molecule has 0 heterocycles. The summed E-state index contributed by atoms with van der Waals surface area (Å²) in [6.07, 6.45) is 8.90. The third-order valence-electron chi connectivity index (χ3n) is 4.92. The molecule has 3 rings (SSSR count). The third kappa shape index (κ3) is 5.47. The highest BCUT2D eigenvalue weighted by atomic mass is 16.7. The molecule has 0 radical (unpaired) electrons. The largest absolute Gasteiger partial charge is 0.465 e. The molecule has 1 unspecified atom stereocenters. The lowest BCUT2D eigenvalue weighted by Crippen LogP contribution is -2.32. The van der Waals surface area contributed by atoms with Gasteiger partial charge in [0.25, 0.3) is 0 Å². The van der Waals surface area contributed by atoms with E-state index in [0.717, 1.165) is 17.7 Å². The van der Waals surface area contributed by atoms with Crippen LogP contribution in [0, 0.1) is 5.92 Å². The van der Waals surface area contributed by atoms with E-state index in [0.29, 0.717) is 12.5 Å². The van der Waals surface area contributed by atoms with Crippen molar-refractivity contribution in [3.63, 3.8) is 0 Å². The molecule has 132 valence electrons. The number of hydrogen-bond acceptors (Lipinski definition) is 2. The van der Waals surface area contributed by atoms with Gasteiger partial charge in [-0.25, -0.2) is 0 Å². The van der Waals surface area contributed by atoms with Crippen LogP contribution in [0.25, 0.3) is 6.08 Å². The van der Waals surface area contributed by atoms with Crippen LogP contribution in [-0.2, 0) is 11.2 Å². The maximum atomic E-state index is 6.23. The second kappa shape index (κ2) is 9.43. The average molecular weight is 336 g/mol. The Balaban J connectivity index is 1.60. The van der Waals surface area contributed by atoms with Crippen molar-refractivity contribution >= 4 is 6.08 Å². The zero-order valence-electron chi connectivity index (χ0n) is 14.9. The van der Waals surface area contributed by atoms with Gasteiger partial charge in [-0.2, -0.15) is 0 Å². The molecule has 1 aliphatic rings. The predicted octanol–water partition coefficient (Wildman–Crippen LogP) is 5.87. The first-order valence-corrected chi connectivity index (χ1v) is 9.40. The van der Waals surface area contributed by atoms with E-state index >= 15 is 0 Å². The Labute approximate surface area is 151 Å². The molecule has 0 N–H and O–H groups in total. The van der Waals surface area contributed by atoms with Crippen molar-refractivity contribution < 1.29 is 9.47 Å². The summed E-state index contributed by atoms with van der Waals surface area (Å²) in [6.45, 7) is 4.49. The smallest absolute Gasteiger partial charge is 0.202 e. The molecule has 1 fully saturated rings. The Morgan fingerprint density at radius 3 is 2.36 bits per heavy atom. The first kappa shape index (κ1) is 17.8. The highest BCUT2D eigenvalue weighted by molar-refractivity contribution is 5.48. The molecule has 0 aliphatic heterocycles. The molecule has 2 nitrogen and oxygen atoms in total. The Morgan fingerprint density at radius 2 is 1.68 bits per heavy atom. The van der Waals surface area contributed by atoms with Crippen molar-refractivity contribution in [2.24, 2.45) is 5.92 Å². The highest BCUT2D eigenvalue weighted by Gasteiger charge is 2.26. The van der Waals surface area contributed by atoms with Crippen molar-refractivity contribution in [1.29, 1.82) is 0 Å². The zero-order valence-corrected chi connectivity index (χ0v) is 14.9. The fourth-order valence-corrected chi connectivity index (χ4v) is 3.43. The highest BCUT2D eigenvalue weighted by Crippen LogP contribution is 2.30. The topological polar surface area (TPSA) is 18.5 Å². The van der Waals surface area contributed by atoms with Gasteiger partial charge in [0.05, 0.1) is 6.61 Å². The van der Waals surface area contributed by atoms with Crippen LogP contribution in [0.5, 0.6) is 5.75 Å². The summed E-state index contributed by atoms with van der Waals surface area (Å²) in [4.78, 5) is 0. The molecule has 0 bridgehead atoms. The van der Waals surface area contributed by atoms with Crippen LogP contribution in [0.4, 0.5) is 0 Å². The Kier molecular flexibility index (Phi) is 6.70. The summed E-state index contributed by atoms with van der Waals surface area (Å²) < 4.78 is 12.4. The van der Waals surface area contributed by atoms with E-state index in [9.17, 15) is 0 Å². The molecule has 1 saturated carbocycles. The van der Waals surface area contributed by atoms with Crippen molar-refractivity contribution in [2.45, 2.75) is 44.8 Å². The number of ether oxygens (including phenoxy) is 2. The number of rotatable bonds is 8. The van der Waals surface area contributed by atoms with Gasteiger partial charge in [0, 0.05) is 5.92 Å². The normalized spacial score (nSPS) is 16.3. The standard InChI is InChI=1S/C23H28O2/c1-2-19-13-15-22(16-14-19)25-23(21-11-7-4-8-12-21)24-18-17-20-9-5-3-6-10-20/h2-3,5-6,9-10,13-16,21,23H,1,4,7-8,11-12,17-18H2. The zero-order chi connectivity index (χ0) is 17.3. The Bertz CT molecular complexity index is 627. The lowest BCUT2D eigenvalue weighted by atomic mass is 9.89. The van der Waals surface area contributed by atoms with E-state index < -0.39 is 0 Å². The van der Waals surface area contributed by atoms with Gasteiger partial charge in [-0.3, -0.25) is 0 Å².